The predicted molar refractivity (Wildman–Crippen MR) is 88.9 cm³/mol. The maximum Gasteiger partial charge on any atom is 0.269 e. The van der Waals surface area contributed by atoms with E-state index in [1.54, 1.807) is 24.4 Å². The van der Waals surface area contributed by atoms with Crippen LogP contribution in [0.4, 0.5) is 4.39 Å². The third-order valence-electron chi connectivity index (χ3n) is 3.59. The minimum Gasteiger partial charge on any atom is -0.351 e. The largest absolute Gasteiger partial charge is 0.351 e. The average Bonchev–Trinajstić information content (AvgIpc) is 3.11. The van der Waals surface area contributed by atoms with E-state index in [2.05, 4.69) is 20.5 Å². The molecule has 2 heterocycles. The summed E-state index contributed by atoms with van der Waals surface area (Å²) in [7, 11) is 0. The molecule has 5 nitrogen and oxygen atoms in total. The molecule has 0 aliphatic heterocycles. The van der Waals surface area contributed by atoms with Crippen LogP contribution in [-0.4, -0.2) is 27.6 Å². The highest BCUT2D eigenvalue weighted by Gasteiger charge is 2.10. The molecule has 0 saturated heterocycles. The Morgan fingerprint density at radius 3 is 2.71 bits per heavy atom. The number of nitrogens with one attached hydrogen (secondary N) is 2. The van der Waals surface area contributed by atoms with Gasteiger partial charge in [-0.3, -0.25) is 14.9 Å². The molecular weight excluding hydrogens is 307 g/mol. The molecule has 2 aromatic heterocycles. The van der Waals surface area contributed by atoms with E-state index in [1.807, 2.05) is 18.2 Å². The van der Waals surface area contributed by atoms with Crippen LogP contribution in [0.25, 0.3) is 11.4 Å². The van der Waals surface area contributed by atoms with E-state index in [9.17, 15) is 9.18 Å². The van der Waals surface area contributed by atoms with Crippen molar-refractivity contribution >= 4 is 5.91 Å². The van der Waals surface area contributed by atoms with Crippen molar-refractivity contribution < 1.29 is 9.18 Å². The molecular formula is C18H17FN4O. The second-order valence-electron chi connectivity index (χ2n) is 5.37. The second kappa shape index (κ2) is 7.50. The monoisotopic (exact) mass is 324 g/mol. The lowest BCUT2D eigenvalue weighted by Crippen LogP contribution is -2.25. The van der Waals surface area contributed by atoms with Crippen molar-refractivity contribution in [1.82, 2.24) is 20.5 Å². The number of nitrogens with zero attached hydrogens (tertiary/aromatic N) is 2. The van der Waals surface area contributed by atoms with E-state index < -0.39 is 0 Å². The van der Waals surface area contributed by atoms with Gasteiger partial charge in [0.05, 0.1) is 5.69 Å². The fourth-order valence-electron chi connectivity index (χ4n) is 2.32. The van der Waals surface area contributed by atoms with E-state index in [0.29, 0.717) is 23.6 Å². The lowest BCUT2D eigenvalue weighted by molar-refractivity contribution is 0.0948. The van der Waals surface area contributed by atoms with Crippen molar-refractivity contribution in [2.45, 2.75) is 12.8 Å². The van der Waals surface area contributed by atoms with Crippen molar-refractivity contribution in [3.8, 4) is 11.4 Å². The van der Waals surface area contributed by atoms with Gasteiger partial charge in [0.1, 0.15) is 17.2 Å². The van der Waals surface area contributed by atoms with Crippen molar-refractivity contribution in [3.63, 3.8) is 0 Å². The van der Waals surface area contributed by atoms with Crippen molar-refractivity contribution in [2.75, 3.05) is 6.54 Å². The molecule has 24 heavy (non-hydrogen) atoms. The molecule has 0 aliphatic rings. The topological polar surface area (TPSA) is 70.7 Å². The second-order valence-corrected chi connectivity index (χ2v) is 5.37. The molecule has 0 spiro atoms. The van der Waals surface area contributed by atoms with Crippen LogP contribution in [0.5, 0.6) is 0 Å². The Balaban J connectivity index is 1.49. The summed E-state index contributed by atoms with van der Waals surface area (Å²) in [6, 6.07) is 13.6. The molecule has 2 N–H and O–H groups in total. The maximum absolute atomic E-state index is 12.8. The van der Waals surface area contributed by atoms with Crippen LogP contribution in [-0.2, 0) is 6.42 Å². The number of aromatic amines is 1. The van der Waals surface area contributed by atoms with Gasteiger partial charge < -0.3 is 5.32 Å². The number of halogens is 1. The zero-order valence-electron chi connectivity index (χ0n) is 13.0. The predicted octanol–water partition coefficient (Wildman–Crippen LogP) is 2.97. The van der Waals surface area contributed by atoms with Crippen molar-refractivity contribution in [2.24, 2.45) is 0 Å². The number of hydrogen-bond acceptors (Lipinski definition) is 3. The molecule has 3 aromatic rings. The van der Waals surface area contributed by atoms with Crippen LogP contribution < -0.4 is 5.32 Å². The van der Waals surface area contributed by atoms with E-state index in [1.165, 1.54) is 12.1 Å². The van der Waals surface area contributed by atoms with Gasteiger partial charge in [-0.1, -0.05) is 18.2 Å². The average molecular weight is 324 g/mol. The first-order valence-corrected chi connectivity index (χ1v) is 7.72. The summed E-state index contributed by atoms with van der Waals surface area (Å²) in [5, 5.41) is 9.67. The quantitative estimate of drug-likeness (QED) is 0.685. The number of benzene rings is 1. The van der Waals surface area contributed by atoms with Crippen LogP contribution >= 0.6 is 0 Å². The summed E-state index contributed by atoms with van der Waals surface area (Å²) in [5.41, 5.74) is 2.79. The number of hydrogen-bond donors (Lipinski definition) is 2. The van der Waals surface area contributed by atoms with E-state index in [4.69, 9.17) is 0 Å². The summed E-state index contributed by atoms with van der Waals surface area (Å²) in [4.78, 5) is 16.3. The van der Waals surface area contributed by atoms with Crippen molar-refractivity contribution in [3.05, 3.63) is 71.8 Å². The van der Waals surface area contributed by atoms with E-state index >= 15 is 0 Å². The molecule has 0 unspecified atom stereocenters. The minimum atomic E-state index is -0.241. The van der Waals surface area contributed by atoms with Gasteiger partial charge in [-0.2, -0.15) is 5.10 Å². The van der Waals surface area contributed by atoms with Crippen LogP contribution in [0, 0.1) is 5.82 Å². The number of aromatic nitrogens is 3. The molecule has 1 aromatic carbocycles. The lowest BCUT2D eigenvalue weighted by Gasteiger charge is -2.04. The number of carbonyl (C=O) groups excluding carboxylic acids is 1. The molecule has 0 fully saturated rings. The Labute approximate surface area is 138 Å². The Hall–Kier alpha value is -3.02. The van der Waals surface area contributed by atoms with Gasteiger partial charge in [-0.15, -0.1) is 0 Å². The zero-order valence-corrected chi connectivity index (χ0v) is 13.0. The molecule has 6 heteroatoms. The summed E-state index contributed by atoms with van der Waals surface area (Å²) in [6.07, 6.45) is 3.24. The van der Waals surface area contributed by atoms with Gasteiger partial charge in [-0.25, -0.2) is 4.39 Å². The van der Waals surface area contributed by atoms with E-state index in [0.717, 1.165) is 18.4 Å². The first kappa shape index (κ1) is 15.9. The van der Waals surface area contributed by atoms with E-state index in [-0.39, 0.29) is 11.7 Å². The van der Waals surface area contributed by atoms with Crippen molar-refractivity contribution in [1.29, 1.82) is 0 Å². The normalized spacial score (nSPS) is 10.5. The number of amides is 1. The first-order valence-electron chi connectivity index (χ1n) is 7.72. The third kappa shape index (κ3) is 4.04. The van der Waals surface area contributed by atoms with Crippen LogP contribution in [0.15, 0.2) is 54.7 Å². The van der Waals surface area contributed by atoms with Crippen LogP contribution in [0.1, 0.15) is 22.5 Å². The molecule has 0 saturated carbocycles. The van der Waals surface area contributed by atoms with Gasteiger partial charge >= 0.3 is 0 Å². The Bertz CT molecular complexity index is 799. The molecule has 0 atom stereocenters. The number of rotatable bonds is 6. The maximum atomic E-state index is 12.8. The Morgan fingerprint density at radius 2 is 1.96 bits per heavy atom. The molecule has 0 bridgehead atoms. The first-order chi connectivity index (χ1) is 11.7. The van der Waals surface area contributed by atoms with Crippen LogP contribution in [0.2, 0.25) is 0 Å². The lowest BCUT2D eigenvalue weighted by atomic mass is 10.1. The van der Waals surface area contributed by atoms with Gasteiger partial charge in [-0.05, 0) is 48.7 Å². The molecule has 3 rings (SSSR count). The Kier molecular flexibility index (Phi) is 4.96. The summed E-state index contributed by atoms with van der Waals surface area (Å²) in [5.74, 6) is -0.446. The van der Waals surface area contributed by atoms with Gasteiger partial charge in [0.15, 0.2) is 0 Å². The third-order valence-corrected chi connectivity index (χ3v) is 3.59. The fourth-order valence-corrected chi connectivity index (χ4v) is 2.32. The summed E-state index contributed by atoms with van der Waals surface area (Å²) >= 11 is 0. The fraction of sp³-hybridized carbons (Fsp3) is 0.167. The number of carbonyl (C=O) groups is 1. The smallest absolute Gasteiger partial charge is 0.269 e. The number of aryl methyl sites for hydroxylation is 1. The molecule has 0 aliphatic carbocycles. The number of H-pyrrole nitrogens is 1. The number of pyridine rings is 1. The van der Waals surface area contributed by atoms with Gasteiger partial charge in [0.25, 0.3) is 5.91 Å². The molecule has 122 valence electrons. The highest BCUT2D eigenvalue weighted by Crippen LogP contribution is 2.14. The Morgan fingerprint density at radius 1 is 1.12 bits per heavy atom. The highest BCUT2D eigenvalue weighted by molar-refractivity contribution is 5.93. The summed E-state index contributed by atoms with van der Waals surface area (Å²) in [6.45, 7) is 0.536. The zero-order chi connectivity index (χ0) is 16.8. The summed E-state index contributed by atoms with van der Waals surface area (Å²) < 4.78 is 12.8. The minimum absolute atomic E-state index is 0.205. The van der Waals surface area contributed by atoms with Gasteiger partial charge in [0.2, 0.25) is 0 Å². The van der Waals surface area contributed by atoms with Gasteiger partial charge in [0, 0.05) is 12.7 Å². The standard InChI is InChI=1S/C18H17FN4O/c19-14-8-6-13(7-9-14)4-3-11-21-18(24)17-12-16(22-23-17)15-5-1-2-10-20-15/h1-2,5-10,12H,3-4,11H2,(H,21,24)(H,22,23). The highest BCUT2D eigenvalue weighted by atomic mass is 19.1. The van der Waals surface area contributed by atoms with Crippen LogP contribution in [0.3, 0.4) is 0 Å². The molecule has 0 radical (unpaired) electrons. The SMILES string of the molecule is O=C(NCCCc1ccc(F)cc1)c1cc(-c2ccccn2)n[nH]1. The molecule has 1 amide bonds.